The van der Waals surface area contributed by atoms with Crippen LogP contribution in [-0.4, -0.2) is 23.1 Å². The maximum Gasteiger partial charge on any atom is 0.156 e. The number of nitrogens with one attached hydrogen (secondary N) is 1. The minimum absolute atomic E-state index is 0.470. The van der Waals surface area contributed by atoms with Gasteiger partial charge in [-0.2, -0.15) is 0 Å². The Kier molecular flexibility index (Phi) is 5.14. The summed E-state index contributed by atoms with van der Waals surface area (Å²) in [6.45, 7) is 4.83. The molecule has 2 rings (SSSR count). The largest absolute Gasteiger partial charge is 0.377 e. The SMILES string of the molecule is COCc1nc(C)cc(NC2CCCC(C)CC2)n1. The Morgan fingerprint density at radius 2 is 2.11 bits per heavy atom. The van der Waals surface area contributed by atoms with Crippen LogP contribution in [0.3, 0.4) is 0 Å². The molecule has 1 heterocycles. The van der Waals surface area contributed by atoms with E-state index in [4.69, 9.17) is 4.74 Å². The highest BCUT2D eigenvalue weighted by atomic mass is 16.5. The van der Waals surface area contributed by atoms with Gasteiger partial charge in [0.2, 0.25) is 0 Å². The summed E-state index contributed by atoms with van der Waals surface area (Å²) < 4.78 is 5.11. The molecule has 1 N–H and O–H groups in total. The number of hydrogen-bond acceptors (Lipinski definition) is 4. The van der Waals surface area contributed by atoms with Gasteiger partial charge in [-0.05, 0) is 32.1 Å². The average Bonchev–Trinajstić information content (AvgIpc) is 2.54. The summed E-state index contributed by atoms with van der Waals surface area (Å²) in [6.07, 6.45) is 6.47. The van der Waals surface area contributed by atoms with Crippen molar-refractivity contribution in [3.63, 3.8) is 0 Å². The summed E-state index contributed by atoms with van der Waals surface area (Å²) in [5, 5.41) is 3.57. The molecule has 1 aliphatic rings. The predicted octanol–water partition coefficient (Wildman–Crippen LogP) is 3.31. The van der Waals surface area contributed by atoms with Crippen LogP contribution >= 0.6 is 0 Å². The van der Waals surface area contributed by atoms with Crippen molar-refractivity contribution in [3.8, 4) is 0 Å². The van der Waals surface area contributed by atoms with Gasteiger partial charge in [0.1, 0.15) is 12.4 Å². The fourth-order valence-electron chi connectivity index (χ4n) is 2.74. The van der Waals surface area contributed by atoms with Crippen LogP contribution in [0, 0.1) is 12.8 Å². The third-order valence-electron chi connectivity index (χ3n) is 3.78. The van der Waals surface area contributed by atoms with Gasteiger partial charge in [0, 0.05) is 24.9 Å². The predicted molar refractivity (Wildman–Crippen MR) is 77.1 cm³/mol. The zero-order valence-electron chi connectivity index (χ0n) is 12.3. The van der Waals surface area contributed by atoms with E-state index in [2.05, 4.69) is 22.2 Å². The Hall–Kier alpha value is -1.16. The molecule has 1 fully saturated rings. The molecule has 4 heteroatoms. The van der Waals surface area contributed by atoms with Crippen LogP contribution in [0.1, 0.15) is 50.5 Å². The zero-order valence-corrected chi connectivity index (χ0v) is 12.3. The van der Waals surface area contributed by atoms with Crippen molar-refractivity contribution in [1.82, 2.24) is 9.97 Å². The molecule has 0 spiro atoms. The second-order valence-corrected chi connectivity index (χ2v) is 5.70. The Morgan fingerprint density at radius 3 is 2.89 bits per heavy atom. The van der Waals surface area contributed by atoms with Gasteiger partial charge < -0.3 is 10.1 Å². The highest BCUT2D eigenvalue weighted by Crippen LogP contribution is 2.24. The average molecular weight is 263 g/mol. The first-order valence-corrected chi connectivity index (χ1v) is 7.27. The van der Waals surface area contributed by atoms with Gasteiger partial charge in [0.15, 0.2) is 5.82 Å². The lowest BCUT2D eigenvalue weighted by Crippen LogP contribution is -2.20. The van der Waals surface area contributed by atoms with E-state index >= 15 is 0 Å². The molecule has 0 aliphatic heterocycles. The van der Waals surface area contributed by atoms with Crippen molar-refractivity contribution in [2.75, 3.05) is 12.4 Å². The van der Waals surface area contributed by atoms with Crippen molar-refractivity contribution in [2.24, 2.45) is 5.92 Å². The minimum Gasteiger partial charge on any atom is -0.377 e. The van der Waals surface area contributed by atoms with Crippen molar-refractivity contribution in [3.05, 3.63) is 17.6 Å². The van der Waals surface area contributed by atoms with Crippen LogP contribution in [0.15, 0.2) is 6.07 Å². The lowest BCUT2D eigenvalue weighted by Gasteiger charge is -2.17. The first-order valence-electron chi connectivity index (χ1n) is 7.27. The Labute approximate surface area is 116 Å². The van der Waals surface area contributed by atoms with Crippen molar-refractivity contribution in [2.45, 2.75) is 58.6 Å². The van der Waals surface area contributed by atoms with Gasteiger partial charge in [-0.15, -0.1) is 0 Å². The summed E-state index contributed by atoms with van der Waals surface area (Å²) in [5.41, 5.74) is 0.992. The van der Waals surface area contributed by atoms with Crippen LogP contribution in [0.4, 0.5) is 5.82 Å². The maximum atomic E-state index is 5.11. The molecule has 1 aliphatic carbocycles. The topological polar surface area (TPSA) is 47.0 Å². The first-order chi connectivity index (χ1) is 9.17. The molecule has 1 aromatic rings. The van der Waals surface area contributed by atoms with Crippen LogP contribution in [-0.2, 0) is 11.3 Å². The third-order valence-corrected chi connectivity index (χ3v) is 3.78. The Balaban J connectivity index is 2.01. The second kappa shape index (κ2) is 6.85. The van der Waals surface area contributed by atoms with E-state index < -0.39 is 0 Å². The Morgan fingerprint density at radius 1 is 1.26 bits per heavy atom. The number of aromatic nitrogens is 2. The van der Waals surface area contributed by atoms with E-state index in [1.54, 1.807) is 7.11 Å². The summed E-state index contributed by atoms with van der Waals surface area (Å²) in [6, 6.07) is 2.57. The number of ether oxygens (including phenoxy) is 1. The number of aryl methyl sites for hydroxylation is 1. The molecule has 0 aromatic carbocycles. The van der Waals surface area contributed by atoms with E-state index in [1.807, 2.05) is 13.0 Å². The minimum atomic E-state index is 0.470. The molecule has 0 bridgehead atoms. The number of hydrogen-bond donors (Lipinski definition) is 1. The van der Waals surface area contributed by atoms with E-state index in [9.17, 15) is 0 Å². The van der Waals surface area contributed by atoms with Crippen LogP contribution in [0.25, 0.3) is 0 Å². The standard InChI is InChI=1S/C15H25N3O/c1-11-5-4-6-13(8-7-11)17-14-9-12(2)16-15(18-14)10-19-3/h9,11,13H,4-8,10H2,1-3H3,(H,16,17,18). The summed E-state index contributed by atoms with van der Waals surface area (Å²) in [5.74, 6) is 2.56. The number of anilines is 1. The van der Waals surface area contributed by atoms with Crippen molar-refractivity contribution in [1.29, 1.82) is 0 Å². The van der Waals surface area contributed by atoms with Gasteiger partial charge in [0.05, 0.1) is 0 Å². The quantitative estimate of drug-likeness (QED) is 0.847. The van der Waals surface area contributed by atoms with Gasteiger partial charge in [-0.25, -0.2) is 9.97 Å². The van der Waals surface area contributed by atoms with Crippen LogP contribution in [0.2, 0.25) is 0 Å². The van der Waals surface area contributed by atoms with E-state index in [1.165, 1.54) is 32.1 Å². The van der Waals surface area contributed by atoms with E-state index in [0.29, 0.717) is 12.6 Å². The van der Waals surface area contributed by atoms with Crippen molar-refractivity contribution >= 4 is 5.82 Å². The second-order valence-electron chi connectivity index (χ2n) is 5.70. The van der Waals surface area contributed by atoms with Crippen molar-refractivity contribution < 1.29 is 4.74 Å². The molecule has 2 atom stereocenters. The lowest BCUT2D eigenvalue weighted by atomic mass is 10.0. The Bertz CT molecular complexity index is 408. The number of rotatable bonds is 4. The molecule has 0 radical (unpaired) electrons. The number of nitrogens with zero attached hydrogens (tertiary/aromatic N) is 2. The molecule has 19 heavy (non-hydrogen) atoms. The molecular formula is C15H25N3O. The van der Waals surface area contributed by atoms with Gasteiger partial charge >= 0.3 is 0 Å². The first kappa shape index (κ1) is 14.3. The van der Waals surface area contributed by atoms with Crippen LogP contribution in [0.5, 0.6) is 0 Å². The molecular weight excluding hydrogens is 238 g/mol. The maximum absolute atomic E-state index is 5.11. The highest BCUT2D eigenvalue weighted by Gasteiger charge is 2.16. The zero-order chi connectivity index (χ0) is 13.7. The summed E-state index contributed by atoms with van der Waals surface area (Å²) in [7, 11) is 1.67. The van der Waals surface area contributed by atoms with Gasteiger partial charge in [0.25, 0.3) is 0 Å². The van der Waals surface area contributed by atoms with E-state index in [-0.39, 0.29) is 0 Å². The smallest absolute Gasteiger partial charge is 0.156 e. The monoisotopic (exact) mass is 263 g/mol. The van der Waals surface area contributed by atoms with Gasteiger partial charge in [-0.1, -0.05) is 19.8 Å². The fraction of sp³-hybridized carbons (Fsp3) is 0.733. The summed E-state index contributed by atoms with van der Waals surface area (Å²) >= 11 is 0. The molecule has 4 nitrogen and oxygen atoms in total. The third kappa shape index (κ3) is 4.46. The fourth-order valence-corrected chi connectivity index (χ4v) is 2.74. The molecule has 2 unspecified atom stereocenters. The van der Waals surface area contributed by atoms with Gasteiger partial charge in [-0.3, -0.25) is 0 Å². The normalized spacial score (nSPS) is 23.9. The van der Waals surface area contributed by atoms with E-state index in [0.717, 1.165) is 23.3 Å². The molecule has 1 aromatic heterocycles. The molecule has 106 valence electrons. The summed E-state index contributed by atoms with van der Waals surface area (Å²) in [4.78, 5) is 8.89. The molecule has 0 saturated heterocycles. The highest BCUT2D eigenvalue weighted by molar-refractivity contribution is 5.37. The molecule has 0 amide bonds. The molecule has 1 saturated carbocycles. The number of methoxy groups -OCH3 is 1. The van der Waals surface area contributed by atoms with Crippen LogP contribution < -0.4 is 5.32 Å². The lowest BCUT2D eigenvalue weighted by molar-refractivity contribution is 0.177.